The number of phosphoric acid groups is 3. The number of hydrogen-bond acceptors (Lipinski definition) is 9. The standard InChI is InChI=1S/C10H17N2O13P3/c1-4-6-7(22-9(4)12-3-2-5(13)11-10(12)14)8(6)23-27(18,19)25-28(20,21)24-26(15,16)17/h4,6-9H,2-3H2,1H3,(H,18,19)(H,20,21)(H,11,13,14)(H2,15,16,17)/t4-,6?,7-,8?,9+/m0/s1. The lowest BCUT2D eigenvalue weighted by Crippen LogP contribution is -2.55. The van der Waals surface area contributed by atoms with E-state index in [0.29, 0.717) is 0 Å². The van der Waals surface area contributed by atoms with Crippen LogP contribution in [0.15, 0.2) is 0 Å². The van der Waals surface area contributed by atoms with Gasteiger partial charge in [0.2, 0.25) is 5.91 Å². The van der Waals surface area contributed by atoms with Crippen LogP contribution in [0.3, 0.4) is 0 Å². The van der Waals surface area contributed by atoms with Crippen molar-refractivity contribution in [1.82, 2.24) is 10.2 Å². The zero-order valence-electron chi connectivity index (χ0n) is 14.1. The molecule has 160 valence electrons. The molecule has 1 aliphatic carbocycles. The molecule has 0 bridgehead atoms. The molecule has 2 aliphatic heterocycles. The van der Waals surface area contributed by atoms with Gasteiger partial charge in [-0.25, -0.2) is 18.5 Å². The molecule has 2 saturated heterocycles. The maximum atomic E-state index is 11.9. The second kappa shape index (κ2) is 7.22. The van der Waals surface area contributed by atoms with Crippen LogP contribution in [0.25, 0.3) is 0 Å². The third-order valence-corrected chi connectivity index (χ3v) is 8.20. The molecule has 28 heavy (non-hydrogen) atoms. The molecule has 15 nitrogen and oxygen atoms in total. The van der Waals surface area contributed by atoms with E-state index < -0.39 is 59.8 Å². The summed E-state index contributed by atoms with van der Waals surface area (Å²) in [5, 5.41) is 2.15. The molecule has 0 aromatic carbocycles. The van der Waals surface area contributed by atoms with Crippen molar-refractivity contribution in [3.63, 3.8) is 0 Å². The van der Waals surface area contributed by atoms with Crippen LogP contribution in [0.4, 0.5) is 4.79 Å². The number of ether oxygens (including phenoxy) is 1. The molecule has 3 fully saturated rings. The van der Waals surface area contributed by atoms with Gasteiger partial charge >= 0.3 is 29.5 Å². The molecule has 0 aromatic heterocycles. The Morgan fingerprint density at radius 3 is 2.25 bits per heavy atom. The molecule has 5 N–H and O–H groups in total. The smallest absolute Gasteiger partial charge is 0.352 e. The van der Waals surface area contributed by atoms with Gasteiger partial charge in [0.1, 0.15) is 12.3 Å². The highest BCUT2D eigenvalue weighted by atomic mass is 31.3. The minimum atomic E-state index is -5.59. The van der Waals surface area contributed by atoms with Crippen molar-refractivity contribution in [2.24, 2.45) is 11.8 Å². The molecule has 0 spiro atoms. The summed E-state index contributed by atoms with van der Waals surface area (Å²) in [5.74, 6) is -1.25. The first-order valence-electron chi connectivity index (χ1n) is 7.77. The molecule has 0 radical (unpaired) electrons. The van der Waals surface area contributed by atoms with Crippen LogP contribution in [0.1, 0.15) is 13.3 Å². The maximum Gasteiger partial charge on any atom is 0.490 e. The number of carbonyl (C=O) groups excluding carboxylic acids is 2. The second-order valence-corrected chi connectivity index (χ2v) is 10.8. The van der Waals surface area contributed by atoms with E-state index >= 15 is 0 Å². The molecular formula is C10H17N2O13P3. The molecule has 3 amide bonds. The summed E-state index contributed by atoms with van der Waals surface area (Å²) >= 11 is 0. The Hall–Kier alpha value is -0.690. The number of phosphoric ester groups is 1. The SMILES string of the molecule is C[C@H]1C2C(OP(=O)(O)OP(=O)(O)OP(=O)(O)O)[C@H]2O[C@H]1N1CCC(=O)NC1=O. The van der Waals surface area contributed by atoms with E-state index in [2.05, 4.69) is 13.9 Å². The number of amides is 3. The summed E-state index contributed by atoms with van der Waals surface area (Å²) in [4.78, 5) is 60.1. The minimum absolute atomic E-state index is 0.0959. The van der Waals surface area contributed by atoms with E-state index in [1.807, 2.05) is 0 Å². The van der Waals surface area contributed by atoms with Gasteiger partial charge in [-0.15, -0.1) is 0 Å². The predicted octanol–water partition coefficient (Wildman–Crippen LogP) is -0.369. The number of nitrogens with one attached hydrogen (secondary N) is 1. The summed E-state index contributed by atoms with van der Waals surface area (Å²) in [6.45, 7) is 1.82. The van der Waals surface area contributed by atoms with E-state index in [1.165, 1.54) is 4.90 Å². The Labute approximate surface area is 157 Å². The Balaban J connectivity index is 1.57. The van der Waals surface area contributed by atoms with Crippen LogP contribution in [-0.2, 0) is 36.4 Å². The molecular weight excluding hydrogens is 449 g/mol. The van der Waals surface area contributed by atoms with Crippen molar-refractivity contribution in [3.8, 4) is 0 Å². The summed E-state index contributed by atoms with van der Waals surface area (Å²) < 4.78 is 51.4. The lowest BCUT2D eigenvalue weighted by molar-refractivity contribution is -0.124. The monoisotopic (exact) mass is 466 g/mol. The van der Waals surface area contributed by atoms with E-state index in [-0.39, 0.29) is 18.9 Å². The normalized spacial score (nSPS) is 37.0. The Morgan fingerprint density at radius 2 is 1.75 bits per heavy atom. The first kappa shape index (κ1) is 22.0. The maximum absolute atomic E-state index is 11.9. The van der Waals surface area contributed by atoms with Crippen LogP contribution < -0.4 is 5.32 Å². The summed E-state index contributed by atoms with van der Waals surface area (Å²) in [6, 6.07) is -0.626. The fourth-order valence-corrected chi connectivity index (χ4v) is 6.51. The van der Waals surface area contributed by atoms with Crippen LogP contribution in [0.5, 0.6) is 0 Å². The van der Waals surface area contributed by atoms with Gasteiger partial charge in [-0.3, -0.25) is 19.5 Å². The fraction of sp³-hybridized carbons (Fsp3) is 0.800. The number of nitrogens with zero attached hydrogens (tertiary/aromatic N) is 1. The van der Waals surface area contributed by atoms with Gasteiger partial charge in [0.05, 0.1) is 6.10 Å². The quantitative estimate of drug-likeness (QED) is 0.303. The Morgan fingerprint density at radius 1 is 1.11 bits per heavy atom. The molecule has 2 heterocycles. The van der Waals surface area contributed by atoms with Crippen molar-refractivity contribution in [2.75, 3.05) is 6.54 Å². The number of fused-ring (bicyclic) bond motifs is 1. The van der Waals surface area contributed by atoms with Crippen LogP contribution in [-0.4, -0.2) is 61.4 Å². The van der Waals surface area contributed by atoms with Gasteiger partial charge in [0.25, 0.3) is 0 Å². The molecule has 4 unspecified atom stereocenters. The first-order valence-corrected chi connectivity index (χ1v) is 12.3. The van der Waals surface area contributed by atoms with Crippen LogP contribution >= 0.6 is 23.5 Å². The molecule has 7 atom stereocenters. The Bertz CT molecular complexity index is 827. The summed E-state index contributed by atoms with van der Waals surface area (Å²) in [7, 11) is -16.3. The van der Waals surface area contributed by atoms with Crippen molar-refractivity contribution in [3.05, 3.63) is 0 Å². The van der Waals surface area contributed by atoms with Crippen molar-refractivity contribution in [1.29, 1.82) is 0 Å². The lowest BCUT2D eigenvalue weighted by Gasteiger charge is -2.35. The largest absolute Gasteiger partial charge is 0.490 e. The minimum Gasteiger partial charge on any atom is -0.352 e. The number of imide groups is 1. The van der Waals surface area contributed by atoms with Gasteiger partial charge in [-0.2, -0.15) is 8.62 Å². The van der Waals surface area contributed by atoms with Gasteiger partial charge in [-0.05, 0) is 0 Å². The summed E-state index contributed by atoms with van der Waals surface area (Å²) in [6.07, 6.45) is -2.36. The topological polar surface area (TPSA) is 218 Å². The Kier molecular flexibility index (Phi) is 5.68. The first-order chi connectivity index (χ1) is 12.7. The number of rotatable bonds is 7. The second-order valence-electron chi connectivity index (χ2n) is 6.39. The van der Waals surface area contributed by atoms with Gasteiger partial charge in [-0.1, -0.05) is 6.92 Å². The summed E-state index contributed by atoms with van der Waals surface area (Å²) in [5.41, 5.74) is 0. The zero-order chi connectivity index (χ0) is 21.1. The van der Waals surface area contributed by atoms with Crippen LogP contribution in [0.2, 0.25) is 0 Å². The number of carbonyl (C=O) groups is 2. The van der Waals surface area contributed by atoms with Crippen LogP contribution in [0, 0.1) is 11.8 Å². The third-order valence-electron chi connectivity index (χ3n) is 4.36. The third kappa shape index (κ3) is 4.89. The highest BCUT2D eigenvalue weighted by Gasteiger charge is 2.67. The van der Waals surface area contributed by atoms with Gasteiger partial charge in [0, 0.05) is 24.8 Å². The molecule has 0 aromatic rings. The van der Waals surface area contributed by atoms with Crippen molar-refractivity contribution >= 4 is 35.4 Å². The fourth-order valence-electron chi connectivity index (χ4n) is 3.28. The number of hydrogen-bond donors (Lipinski definition) is 5. The van der Waals surface area contributed by atoms with E-state index in [0.717, 1.165) is 0 Å². The molecule has 3 aliphatic rings. The zero-order valence-corrected chi connectivity index (χ0v) is 16.7. The highest BCUT2D eigenvalue weighted by Crippen LogP contribution is 2.68. The predicted molar refractivity (Wildman–Crippen MR) is 84.9 cm³/mol. The average molecular weight is 466 g/mol. The molecule has 18 heteroatoms. The highest BCUT2D eigenvalue weighted by molar-refractivity contribution is 7.66. The molecule has 3 rings (SSSR count). The van der Waals surface area contributed by atoms with Crippen molar-refractivity contribution in [2.45, 2.75) is 31.8 Å². The van der Waals surface area contributed by atoms with Crippen molar-refractivity contribution < 1.29 is 60.7 Å². The van der Waals surface area contributed by atoms with Gasteiger partial charge in [0.15, 0.2) is 0 Å². The van der Waals surface area contributed by atoms with E-state index in [1.54, 1.807) is 6.92 Å². The van der Waals surface area contributed by atoms with Gasteiger partial charge < -0.3 is 24.3 Å². The lowest BCUT2D eigenvalue weighted by atomic mass is 10.0. The van der Waals surface area contributed by atoms with E-state index in [9.17, 15) is 28.2 Å². The average Bonchev–Trinajstić information content (AvgIpc) is 2.98. The number of urea groups is 1. The van der Waals surface area contributed by atoms with E-state index in [4.69, 9.17) is 23.9 Å². The molecule has 1 saturated carbocycles.